The summed E-state index contributed by atoms with van der Waals surface area (Å²) in [5.41, 5.74) is 2.78. The van der Waals surface area contributed by atoms with Crippen molar-refractivity contribution in [3.8, 4) is 5.69 Å². The van der Waals surface area contributed by atoms with Crippen LogP contribution in [0.2, 0.25) is 0 Å². The molecule has 2 heterocycles. The number of carbonyl (C=O) groups excluding carboxylic acids is 2. The maximum Gasteiger partial charge on any atom is 0.239 e. The number of carbonyl (C=O) groups is 2. The Morgan fingerprint density at radius 3 is 2.33 bits per heavy atom. The highest BCUT2D eigenvalue weighted by molar-refractivity contribution is 6.10. The lowest BCUT2D eigenvalue weighted by Crippen LogP contribution is -2.36. The van der Waals surface area contributed by atoms with Crippen LogP contribution < -0.4 is 10.2 Å². The average Bonchev–Trinajstić information content (AvgIpc) is 3.37. The van der Waals surface area contributed by atoms with E-state index in [4.69, 9.17) is 0 Å². The number of nitrogens with zero attached hydrogens (tertiary/aromatic N) is 2. The summed E-state index contributed by atoms with van der Waals surface area (Å²) in [6.45, 7) is 0.976. The summed E-state index contributed by atoms with van der Waals surface area (Å²) < 4.78 is 1.98. The fourth-order valence-corrected chi connectivity index (χ4v) is 3.48. The highest BCUT2D eigenvalue weighted by atomic mass is 16.2. The zero-order valence-electron chi connectivity index (χ0n) is 14.9. The third-order valence-electron chi connectivity index (χ3n) is 4.89. The summed E-state index contributed by atoms with van der Waals surface area (Å²) in [6, 6.07) is 21.4. The van der Waals surface area contributed by atoms with Gasteiger partial charge in [0.25, 0.3) is 0 Å². The molecule has 1 aliphatic heterocycles. The molecule has 27 heavy (non-hydrogen) atoms. The quantitative estimate of drug-likeness (QED) is 0.712. The molecular weight excluding hydrogens is 338 g/mol. The van der Waals surface area contributed by atoms with Crippen LogP contribution in [0.15, 0.2) is 79.1 Å². The van der Waals surface area contributed by atoms with E-state index in [0.29, 0.717) is 19.5 Å². The van der Waals surface area contributed by atoms with Crippen molar-refractivity contribution in [1.29, 1.82) is 0 Å². The van der Waals surface area contributed by atoms with Crippen molar-refractivity contribution in [3.05, 3.63) is 84.7 Å². The first-order valence-corrected chi connectivity index (χ1v) is 9.09. The number of rotatable bonds is 5. The number of benzene rings is 2. The predicted molar refractivity (Wildman–Crippen MR) is 105 cm³/mol. The van der Waals surface area contributed by atoms with E-state index in [0.717, 1.165) is 16.9 Å². The zero-order valence-corrected chi connectivity index (χ0v) is 14.9. The Kier molecular flexibility index (Phi) is 4.75. The molecule has 0 unspecified atom stereocenters. The van der Waals surface area contributed by atoms with Crippen LogP contribution >= 0.6 is 0 Å². The predicted octanol–water partition coefficient (Wildman–Crippen LogP) is 3.15. The molecule has 5 nitrogen and oxygen atoms in total. The molecule has 0 saturated carbocycles. The molecule has 1 aromatic heterocycles. The molecule has 136 valence electrons. The van der Waals surface area contributed by atoms with Gasteiger partial charge in [-0.15, -0.1) is 0 Å². The number of nitrogens with one attached hydrogen (secondary N) is 1. The first-order chi connectivity index (χ1) is 13.2. The van der Waals surface area contributed by atoms with E-state index in [1.54, 1.807) is 4.90 Å². The van der Waals surface area contributed by atoms with Crippen LogP contribution in [0.1, 0.15) is 12.0 Å². The van der Waals surface area contributed by atoms with Gasteiger partial charge in [-0.05, 0) is 36.2 Å². The minimum Gasteiger partial charge on any atom is -0.351 e. The summed E-state index contributed by atoms with van der Waals surface area (Å²) >= 11 is 0. The van der Waals surface area contributed by atoms with Crippen LogP contribution in [0.4, 0.5) is 5.69 Å². The molecule has 3 aromatic rings. The second-order valence-electron chi connectivity index (χ2n) is 6.61. The Hall–Kier alpha value is -3.34. The fourth-order valence-electron chi connectivity index (χ4n) is 3.48. The molecule has 2 amide bonds. The van der Waals surface area contributed by atoms with Gasteiger partial charge in [0, 0.05) is 25.5 Å². The van der Waals surface area contributed by atoms with E-state index in [1.807, 2.05) is 83.7 Å². The van der Waals surface area contributed by atoms with Gasteiger partial charge >= 0.3 is 0 Å². The summed E-state index contributed by atoms with van der Waals surface area (Å²) in [5, 5.41) is 2.89. The van der Waals surface area contributed by atoms with Gasteiger partial charge in [-0.2, -0.15) is 0 Å². The topological polar surface area (TPSA) is 54.3 Å². The van der Waals surface area contributed by atoms with Crippen molar-refractivity contribution in [2.24, 2.45) is 5.92 Å². The van der Waals surface area contributed by atoms with Crippen molar-refractivity contribution in [1.82, 2.24) is 9.88 Å². The van der Waals surface area contributed by atoms with E-state index < -0.39 is 5.92 Å². The van der Waals surface area contributed by atoms with E-state index in [-0.39, 0.29) is 11.8 Å². The van der Waals surface area contributed by atoms with E-state index in [2.05, 4.69) is 5.32 Å². The smallest absolute Gasteiger partial charge is 0.239 e. The van der Waals surface area contributed by atoms with Crippen LogP contribution in [-0.2, 0) is 16.1 Å². The van der Waals surface area contributed by atoms with Crippen LogP contribution in [-0.4, -0.2) is 22.9 Å². The number of hydrogen-bond acceptors (Lipinski definition) is 2. The maximum atomic E-state index is 12.9. The minimum absolute atomic E-state index is 0.139. The number of para-hydroxylation sites is 2. The Bertz CT molecular complexity index is 935. The van der Waals surface area contributed by atoms with Crippen molar-refractivity contribution < 1.29 is 9.59 Å². The summed E-state index contributed by atoms with van der Waals surface area (Å²) in [4.78, 5) is 27.2. The fraction of sp³-hybridized carbons (Fsp3) is 0.182. The minimum atomic E-state index is -0.633. The van der Waals surface area contributed by atoms with Crippen molar-refractivity contribution in [3.63, 3.8) is 0 Å². The molecule has 0 aliphatic carbocycles. The SMILES string of the molecule is O=C(NCc1ccccc1)[C@H]1CCN(c2ccccc2-n2cccc2)C1=O. The van der Waals surface area contributed by atoms with Gasteiger partial charge in [0.1, 0.15) is 5.92 Å². The lowest BCUT2D eigenvalue weighted by Gasteiger charge is -2.21. The van der Waals surface area contributed by atoms with Gasteiger partial charge in [-0.3, -0.25) is 9.59 Å². The largest absolute Gasteiger partial charge is 0.351 e. The molecule has 1 aliphatic rings. The maximum absolute atomic E-state index is 12.9. The molecule has 4 rings (SSSR count). The molecule has 0 spiro atoms. The van der Waals surface area contributed by atoms with Gasteiger partial charge < -0.3 is 14.8 Å². The van der Waals surface area contributed by atoms with Gasteiger partial charge in [0.2, 0.25) is 11.8 Å². The zero-order chi connectivity index (χ0) is 18.6. The lowest BCUT2D eigenvalue weighted by molar-refractivity contribution is -0.132. The first kappa shape index (κ1) is 17.1. The monoisotopic (exact) mass is 359 g/mol. The van der Waals surface area contributed by atoms with E-state index >= 15 is 0 Å². The van der Waals surface area contributed by atoms with Crippen molar-refractivity contribution >= 4 is 17.5 Å². The van der Waals surface area contributed by atoms with Crippen molar-refractivity contribution in [2.45, 2.75) is 13.0 Å². The number of anilines is 1. The Balaban J connectivity index is 1.49. The Labute approximate surface area is 158 Å². The van der Waals surface area contributed by atoms with E-state index in [1.165, 1.54) is 0 Å². The van der Waals surface area contributed by atoms with Gasteiger partial charge in [0.15, 0.2) is 0 Å². The van der Waals surface area contributed by atoms with Gasteiger partial charge in [-0.1, -0.05) is 42.5 Å². The standard InChI is InChI=1S/C22H21N3O2/c26-21(23-16-17-8-2-1-3-9-17)18-12-15-25(22(18)27)20-11-5-4-10-19(20)24-13-6-7-14-24/h1-11,13-14,18H,12,15-16H2,(H,23,26)/t18-/m1/s1. The molecule has 1 atom stereocenters. The van der Waals surface area contributed by atoms with Crippen LogP contribution in [0.5, 0.6) is 0 Å². The number of aromatic nitrogens is 1. The third kappa shape index (κ3) is 3.49. The van der Waals surface area contributed by atoms with Crippen LogP contribution in [0.3, 0.4) is 0 Å². The highest BCUT2D eigenvalue weighted by Crippen LogP contribution is 2.30. The first-order valence-electron chi connectivity index (χ1n) is 9.09. The molecule has 1 fully saturated rings. The molecular formula is C22H21N3O2. The third-order valence-corrected chi connectivity index (χ3v) is 4.89. The van der Waals surface area contributed by atoms with Gasteiger partial charge in [-0.25, -0.2) is 0 Å². The second kappa shape index (κ2) is 7.50. The highest BCUT2D eigenvalue weighted by Gasteiger charge is 2.38. The summed E-state index contributed by atoms with van der Waals surface area (Å²) in [6.07, 6.45) is 4.42. The second-order valence-corrected chi connectivity index (χ2v) is 6.61. The molecule has 0 bridgehead atoms. The van der Waals surface area contributed by atoms with Crippen LogP contribution in [0, 0.1) is 5.92 Å². The lowest BCUT2D eigenvalue weighted by atomic mass is 10.1. The summed E-state index contributed by atoms with van der Waals surface area (Å²) in [7, 11) is 0. The molecule has 0 radical (unpaired) electrons. The van der Waals surface area contributed by atoms with E-state index in [9.17, 15) is 9.59 Å². The Morgan fingerprint density at radius 1 is 0.926 bits per heavy atom. The molecule has 2 aromatic carbocycles. The number of amides is 2. The average molecular weight is 359 g/mol. The number of hydrogen-bond donors (Lipinski definition) is 1. The molecule has 1 saturated heterocycles. The Morgan fingerprint density at radius 2 is 1.59 bits per heavy atom. The van der Waals surface area contributed by atoms with Crippen molar-refractivity contribution in [2.75, 3.05) is 11.4 Å². The molecule has 5 heteroatoms. The van der Waals surface area contributed by atoms with Gasteiger partial charge in [0.05, 0.1) is 11.4 Å². The summed E-state index contributed by atoms with van der Waals surface area (Å²) in [5.74, 6) is -0.976. The normalized spacial score (nSPS) is 16.5. The van der Waals surface area contributed by atoms with Crippen LogP contribution in [0.25, 0.3) is 5.69 Å². The molecule has 1 N–H and O–H groups in total.